The van der Waals surface area contributed by atoms with Gasteiger partial charge in [0.25, 0.3) is 11.1 Å². The number of nitrogens with zero attached hydrogens (tertiary/aromatic N) is 1. The number of benzene rings is 4. The highest BCUT2D eigenvalue weighted by Crippen LogP contribution is 2.35. The number of hydrogen-bond donors (Lipinski definition) is 0. The molecule has 5 rings (SSSR count). The van der Waals surface area contributed by atoms with Gasteiger partial charge in [-0.15, -0.1) is 0 Å². The molecule has 4 nitrogen and oxygen atoms in total. The summed E-state index contributed by atoms with van der Waals surface area (Å²) in [4.78, 5) is 26.7. The van der Waals surface area contributed by atoms with E-state index in [0.29, 0.717) is 17.2 Å². The Hall–Kier alpha value is -3.83. The Bertz CT molecular complexity index is 1330. The smallest absolute Gasteiger partial charge is 0.298 e. The Morgan fingerprint density at radius 2 is 1.50 bits per heavy atom. The molecule has 0 bridgehead atoms. The highest BCUT2D eigenvalue weighted by molar-refractivity contribution is 8.19. The molecule has 0 unspecified atom stereocenters. The molecule has 0 aliphatic carbocycles. The molecular weight excluding hydrogens is 418 g/mol. The number of para-hydroxylation sites is 1. The van der Waals surface area contributed by atoms with Crippen molar-refractivity contribution < 1.29 is 14.3 Å². The maximum atomic E-state index is 12.7. The Morgan fingerprint density at radius 1 is 0.781 bits per heavy atom. The molecule has 156 valence electrons. The normalized spacial score (nSPS) is 15.0. The zero-order chi connectivity index (χ0) is 21.9. The van der Waals surface area contributed by atoms with Crippen molar-refractivity contribution in [2.45, 2.75) is 6.61 Å². The first kappa shape index (κ1) is 20.1. The lowest BCUT2D eigenvalue weighted by molar-refractivity contribution is -0.113. The van der Waals surface area contributed by atoms with Crippen molar-refractivity contribution in [3.63, 3.8) is 0 Å². The largest absolute Gasteiger partial charge is 0.489 e. The van der Waals surface area contributed by atoms with Gasteiger partial charge in [0, 0.05) is 0 Å². The topological polar surface area (TPSA) is 46.6 Å². The van der Waals surface area contributed by atoms with Crippen LogP contribution in [0.25, 0.3) is 16.8 Å². The minimum absolute atomic E-state index is 0.289. The summed E-state index contributed by atoms with van der Waals surface area (Å²) >= 11 is 0.951. The standard InChI is InChI=1S/C27H19NO3S/c29-26-25(32-27(30)28(26)23-8-2-1-3-9-23)17-19-11-14-24(15-12-19)31-18-20-10-13-21-6-4-5-7-22(21)16-20/h1-17H,18H2/b25-17-. The van der Waals surface area contributed by atoms with Crippen LogP contribution < -0.4 is 9.64 Å². The van der Waals surface area contributed by atoms with Gasteiger partial charge in [-0.05, 0) is 70.1 Å². The van der Waals surface area contributed by atoms with E-state index in [0.717, 1.165) is 28.6 Å². The third kappa shape index (κ3) is 4.15. The molecular formula is C27H19NO3S. The first-order valence-corrected chi connectivity index (χ1v) is 11.0. The number of rotatable bonds is 5. The molecule has 0 N–H and O–H groups in total. The third-order valence-electron chi connectivity index (χ3n) is 5.21. The molecule has 1 heterocycles. The molecule has 1 aliphatic heterocycles. The molecule has 4 aromatic carbocycles. The highest BCUT2D eigenvalue weighted by Gasteiger charge is 2.36. The minimum atomic E-state index is -0.303. The molecule has 0 spiro atoms. The Morgan fingerprint density at radius 3 is 2.28 bits per heavy atom. The monoisotopic (exact) mass is 437 g/mol. The molecule has 0 atom stereocenters. The van der Waals surface area contributed by atoms with Crippen molar-refractivity contribution in [3.05, 3.63) is 113 Å². The average Bonchev–Trinajstić information content (AvgIpc) is 3.11. The van der Waals surface area contributed by atoms with Gasteiger partial charge in [-0.2, -0.15) is 0 Å². The second kappa shape index (κ2) is 8.73. The van der Waals surface area contributed by atoms with Crippen LogP contribution in [0.5, 0.6) is 5.75 Å². The second-order valence-electron chi connectivity index (χ2n) is 7.39. The summed E-state index contributed by atoms with van der Waals surface area (Å²) in [5.74, 6) is 0.440. The zero-order valence-electron chi connectivity index (χ0n) is 17.1. The first-order valence-electron chi connectivity index (χ1n) is 10.2. The molecule has 0 radical (unpaired) electrons. The van der Waals surface area contributed by atoms with Crippen LogP contribution in [0.1, 0.15) is 11.1 Å². The van der Waals surface area contributed by atoms with Crippen molar-refractivity contribution in [1.82, 2.24) is 0 Å². The van der Waals surface area contributed by atoms with Crippen LogP contribution in [0.2, 0.25) is 0 Å². The van der Waals surface area contributed by atoms with Crippen LogP contribution in [0, 0.1) is 0 Å². The lowest BCUT2D eigenvalue weighted by Crippen LogP contribution is -2.27. The fourth-order valence-corrected chi connectivity index (χ4v) is 4.42. The summed E-state index contributed by atoms with van der Waals surface area (Å²) in [5.41, 5.74) is 2.51. The van der Waals surface area contributed by atoms with Crippen LogP contribution in [-0.4, -0.2) is 11.1 Å². The second-order valence-corrected chi connectivity index (χ2v) is 8.39. The molecule has 0 aromatic heterocycles. The molecule has 5 heteroatoms. The summed E-state index contributed by atoms with van der Waals surface area (Å²) in [5, 5.41) is 2.11. The number of ether oxygens (including phenoxy) is 1. The van der Waals surface area contributed by atoms with Crippen LogP contribution in [-0.2, 0) is 11.4 Å². The first-order chi connectivity index (χ1) is 15.7. The predicted octanol–water partition coefficient (Wildman–Crippen LogP) is 6.66. The number of imide groups is 1. The number of thioether (sulfide) groups is 1. The van der Waals surface area contributed by atoms with E-state index in [1.807, 2.05) is 42.5 Å². The van der Waals surface area contributed by atoms with E-state index < -0.39 is 0 Å². The van der Waals surface area contributed by atoms with E-state index in [4.69, 9.17) is 4.74 Å². The average molecular weight is 438 g/mol. The number of fused-ring (bicyclic) bond motifs is 1. The fourth-order valence-electron chi connectivity index (χ4n) is 3.57. The SMILES string of the molecule is O=C1S/C(=C\c2ccc(OCc3ccc4ccccc4c3)cc2)C(=O)N1c1ccccc1. The summed E-state index contributed by atoms with van der Waals surface area (Å²) < 4.78 is 5.92. The van der Waals surface area contributed by atoms with Crippen LogP contribution in [0.4, 0.5) is 10.5 Å². The van der Waals surface area contributed by atoms with Crippen LogP contribution in [0.15, 0.2) is 102 Å². The maximum absolute atomic E-state index is 12.7. The number of amides is 2. The van der Waals surface area contributed by atoms with Gasteiger partial charge in [0.1, 0.15) is 12.4 Å². The molecule has 4 aromatic rings. The summed E-state index contributed by atoms with van der Waals surface area (Å²) in [6, 6.07) is 31.0. The Kier molecular flexibility index (Phi) is 5.48. The van der Waals surface area contributed by atoms with E-state index in [1.54, 1.807) is 30.3 Å². The predicted molar refractivity (Wildman–Crippen MR) is 130 cm³/mol. The van der Waals surface area contributed by atoms with Gasteiger partial charge in [0.15, 0.2) is 0 Å². The minimum Gasteiger partial charge on any atom is -0.489 e. The van der Waals surface area contributed by atoms with Gasteiger partial charge in [-0.1, -0.05) is 66.7 Å². The van der Waals surface area contributed by atoms with Gasteiger partial charge >= 0.3 is 0 Å². The van der Waals surface area contributed by atoms with Crippen molar-refractivity contribution in [2.75, 3.05) is 4.90 Å². The van der Waals surface area contributed by atoms with Crippen LogP contribution >= 0.6 is 11.8 Å². The highest BCUT2D eigenvalue weighted by atomic mass is 32.2. The van der Waals surface area contributed by atoms with E-state index in [1.165, 1.54) is 15.7 Å². The summed E-state index contributed by atoms with van der Waals surface area (Å²) in [6.07, 6.45) is 1.74. The number of carbonyl (C=O) groups excluding carboxylic acids is 2. The summed E-state index contributed by atoms with van der Waals surface area (Å²) in [7, 11) is 0. The zero-order valence-corrected chi connectivity index (χ0v) is 17.9. The third-order valence-corrected chi connectivity index (χ3v) is 6.07. The quantitative estimate of drug-likeness (QED) is 0.328. The van der Waals surface area contributed by atoms with E-state index in [-0.39, 0.29) is 11.1 Å². The van der Waals surface area contributed by atoms with Gasteiger partial charge in [0.05, 0.1) is 10.6 Å². The van der Waals surface area contributed by atoms with Gasteiger partial charge in [-0.25, -0.2) is 4.90 Å². The number of hydrogen-bond acceptors (Lipinski definition) is 4. The molecule has 1 saturated heterocycles. The fraction of sp³-hybridized carbons (Fsp3) is 0.0370. The summed E-state index contributed by atoms with van der Waals surface area (Å²) in [6.45, 7) is 0.472. The molecule has 1 fully saturated rings. The van der Waals surface area contributed by atoms with Crippen molar-refractivity contribution in [2.24, 2.45) is 0 Å². The lowest BCUT2D eigenvalue weighted by atomic mass is 10.1. The van der Waals surface area contributed by atoms with Crippen molar-refractivity contribution >= 4 is 45.4 Å². The molecule has 32 heavy (non-hydrogen) atoms. The number of carbonyl (C=O) groups is 2. The van der Waals surface area contributed by atoms with Crippen molar-refractivity contribution in [1.29, 1.82) is 0 Å². The molecule has 0 saturated carbocycles. The van der Waals surface area contributed by atoms with Gasteiger partial charge < -0.3 is 4.74 Å². The maximum Gasteiger partial charge on any atom is 0.298 e. The van der Waals surface area contributed by atoms with E-state index in [9.17, 15) is 9.59 Å². The van der Waals surface area contributed by atoms with Crippen molar-refractivity contribution in [3.8, 4) is 5.75 Å². The molecule has 1 aliphatic rings. The van der Waals surface area contributed by atoms with Gasteiger partial charge in [0.2, 0.25) is 0 Å². The Labute approximate surface area is 190 Å². The number of anilines is 1. The Balaban J connectivity index is 1.27. The van der Waals surface area contributed by atoms with E-state index in [2.05, 4.69) is 30.3 Å². The van der Waals surface area contributed by atoms with E-state index >= 15 is 0 Å². The van der Waals surface area contributed by atoms with Crippen LogP contribution in [0.3, 0.4) is 0 Å². The lowest BCUT2D eigenvalue weighted by Gasteiger charge is -2.11. The molecule has 2 amide bonds. The van der Waals surface area contributed by atoms with Gasteiger partial charge in [-0.3, -0.25) is 9.59 Å².